The van der Waals surface area contributed by atoms with Crippen molar-refractivity contribution in [2.75, 3.05) is 0 Å². The second-order valence-electron chi connectivity index (χ2n) is 8.88. The molecule has 182 valence electrons. The van der Waals surface area contributed by atoms with Crippen LogP contribution in [0.4, 0.5) is 0 Å². The molecule has 1 aromatic carbocycles. The van der Waals surface area contributed by atoms with Gasteiger partial charge in [0.25, 0.3) is 0 Å². The first-order chi connectivity index (χ1) is 15.5. The molecule has 32 heavy (non-hydrogen) atoms. The first-order valence-electron chi connectivity index (χ1n) is 12.5. The number of unbranched alkanes of at least 4 members (excludes halogenated alkanes) is 8. The normalized spacial score (nSPS) is 12.9. The van der Waals surface area contributed by atoms with Crippen LogP contribution < -0.4 is 0 Å². The molecular weight excluding hydrogens is 404 g/mol. The van der Waals surface area contributed by atoms with E-state index in [9.17, 15) is 9.59 Å². The second-order valence-corrected chi connectivity index (χ2v) is 8.88. The van der Waals surface area contributed by atoms with Crippen LogP contribution in [0.2, 0.25) is 0 Å². The molecule has 0 saturated heterocycles. The average Bonchev–Trinajstić information content (AvgIpc) is 2.76. The summed E-state index contributed by atoms with van der Waals surface area (Å²) in [4.78, 5) is 21.9. The third-order valence-electron chi connectivity index (χ3n) is 5.76. The molecule has 0 aliphatic carbocycles. The summed E-state index contributed by atoms with van der Waals surface area (Å²) in [7, 11) is 0. The van der Waals surface area contributed by atoms with Crippen molar-refractivity contribution in [3.63, 3.8) is 0 Å². The summed E-state index contributed by atoms with van der Waals surface area (Å²) < 4.78 is 11.4. The van der Waals surface area contributed by atoms with Gasteiger partial charge in [0.2, 0.25) is 0 Å². The van der Waals surface area contributed by atoms with Crippen LogP contribution in [0.3, 0.4) is 0 Å². The summed E-state index contributed by atoms with van der Waals surface area (Å²) in [5.74, 6) is -0.963. The van der Waals surface area contributed by atoms with E-state index in [0.29, 0.717) is 19.1 Å². The minimum absolute atomic E-state index is 0.0188. The molecule has 0 spiro atoms. The van der Waals surface area contributed by atoms with E-state index in [1.807, 2.05) is 18.2 Å². The molecule has 0 aliphatic heterocycles. The maximum Gasteiger partial charge on any atom is 0.303 e. The minimum Gasteiger partial charge on any atom is -0.481 e. The lowest BCUT2D eigenvalue weighted by Crippen LogP contribution is -2.16. The Kier molecular flexibility index (Phi) is 16.4. The van der Waals surface area contributed by atoms with Crippen molar-refractivity contribution in [1.29, 1.82) is 0 Å². The summed E-state index contributed by atoms with van der Waals surface area (Å²) in [5.41, 5.74) is 1.23. The molecule has 2 unspecified atom stereocenters. The molecule has 0 heterocycles. The van der Waals surface area contributed by atoms with Crippen molar-refractivity contribution in [3.8, 4) is 0 Å². The highest BCUT2D eigenvalue weighted by molar-refractivity contribution is 5.66. The van der Waals surface area contributed by atoms with Crippen molar-refractivity contribution >= 4 is 11.9 Å². The fourth-order valence-electron chi connectivity index (χ4n) is 3.91. The molecule has 0 amide bonds. The number of carboxylic acid groups (broad SMARTS) is 1. The van der Waals surface area contributed by atoms with Gasteiger partial charge in [0, 0.05) is 13.3 Å². The molecule has 0 aromatic heterocycles. The van der Waals surface area contributed by atoms with Gasteiger partial charge in [-0.05, 0) is 51.0 Å². The van der Waals surface area contributed by atoms with Crippen LogP contribution in [-0.4, -0.2) is 29.3 Å². The van der Waals surface area contributed by atoms with E-state index in [0.717, 1.165) is 38.5 Å². The molecule has 0 fully saturated rings. The van der Waals surface area contributed by atoms with Gasteiger partial charge < -0.3 is 14.6 Å². The fourth-order valence-corrected chi connectivity index (χ4v) is 3.91. The van der Waals surface area contributed by atoms with Crippen LogP contribution in [0.15, 0.2) is 30.3 Å². The molecular formula is C27H44O5. The van der Waals surface area contributed by atoms with Gasteiger partial charge in [-0.25, -0.2) is 0 Å². The van der Waals surface area contributed by atoms with Crippen molar-refractivity contribution < 1.29 is 24.2 Å². The van der Waals surface area contributed by atoms with Gasteiger partial charge >= 0.3 is 11.9 Å². The lowest BCUT2D eigenvalue weighted by molar-refractivity contribution is -0.147. The van der Waals surface area contributed by atoms with Crippen molar-refractivity contribution in [1.82, 2.24) is 0 Å². The van der Waals surface area contributed by atoms with Crippen LogP contribution in [0.1, 0.15) is 109 Å². The molecule has 0 saturated carbocycles. The van der Waals surface area contributed by atoms with E-state index < -0.39 is 5.97 Å². The molecule has 0 radical (unpaired) electrons. The third kappa shape index (κ3) is 16.8. The minimum atomic E-state index is -0.743. The van der Waals surface area contributed by atoms with Crippen LogP contribution >= 0.6 is 0 Å². The van der Waals surface area contributed by atoms with Crippen molar-refractivity contribution in [3.05, 3.63) is 35.9 Å². The van der Waals surface area contributed by atoms with Crippen LogP contribution in [-0.2, 0) is 25.7 Å². The SMILES string of the molecule is CC(=O)OC(CCCCCCCCCC(C)OCc1ccccc1)CCCCCC(=O)O. The molecule has 2 atom stereocenters. The van der Waals surface area contributed by atoms with Gasteiger partial charge in [0.1, 0.15) is 6.10 Å². The summed E-state index contributed by atoms with van der Waals surface area (Å²) in [6, 6.07) is 10.3. The van der Waals surface area contributed by atoms with Crippen LogP contribution in [0, 0.1) is 0 Å². The number of hydrogen-bond acceptors (Lipinski definition) is 4. The zero-order valence-electron chi connectivity index (χ0n) is 20.2. The monoisotopic (exact) mass is 448 g/mol. The molecule has 0 bridgehead atoms. The highest BCUT2D eigenvalue weighted by Gasteiger charge is 2.12. The highest BCUT2D eigenvalue weighted by atomic mass is 16.5. The predicted octanol–water partition coefficient (Wildman–Crippen LogP) is 7.07. The van der Waals surface area contributed by atoms with Gasteiger partial charge in [-0.1, -0.05) is 75.3 Å². The van der Waals surface area contributed by atoms with Crippen LogP contribution in [0.25, 0.3) is 0 Å². The highest BCUT2D eigenvalue weighted by Crippen LogP contribution is 2.17. The zero-order valence-corrected chi connectivity index (χ0v) is 20.2. The van der Waals surface area contributed by atoms with E-state index in [2.05, 4.69) is 19.1 Å². The first kappa shape index (κ1) is 28.2. The van der Waals surface area contributed by atoms with Gasteiger partial charge in [0.05, 0.1) is 12.7 Å². The predicted molar refractivity (Wildman–Crippen MR) is 129 cm³/mol. The Hall–Kier alpha value is -1.88. The largest absolute Gasteiger partial charge is 0.481 e. The number of carbonyl (C=O) groups excluding carboxylic acids is 1. The summed E-state index contributed by atoms with van der Waals surface area (Å²) in [6.07, 6.45) is 14.3. The van der Waals surface area contributed by atoms with E-state index in [-0.39, 0.29) is 18.5 Å². The van der Waals surface area contributed by atoms with E-state index in [1.165, 1.54) is 51.0 Å². The third-order valence-corrected chi connectivity index (χ3v) is 5.76. The maximum absolute atomic E-state index is 11.3. The Labute approximate surface area is 194 Å². The lowest BCUT2D eigenvalue weighted by atomic mass is 10.0. The van der Waals surface area contributed by atoms with Gasteiger partial charge in [-0.2, -0.15) is 0 Å². The molecule has 1 rings (SSSR count). The number of ether oxygens (including phenoxy) is 2. The number of carboxylic acids is 1. The second kappa shape index (κ2) is 18.7. The zero-order chi connectivity index (χ0) is 23.4. The standard InChI is InChI=1S/C27H44O5/c1-23(31-22-25-17-11-8-12-18-25)16-10-6-4-3-5-7-13-19-26(32-24(2)28)20-14-9-15-21-27(29)30/h8,11-12,17-18,23,26H,3-7,9-10,13-16,19-22H2,1-2H3,(H,29,30). The molecule has 1 N–H and O–H groups in total. The Bertz CT molecular complexity index is 601. The molecule has 0 aliphatic rings. The van der Waals surface area contributed by atoms with Crippen molar-refractivity contribution in [2.45, 2.75) is 123 Å². The Morgan fingerprint density at radius 1 is 0.812 bits per heavy atom. The smallest absolute Gasteiger partial charge is 0.303 e. The first-order valence-corrected chi connectivity index (χ1v) is 12.5. The summed E-state index contributed by atoms with van der Waals surface area (Å²) >= 11 is 0. The molecule has 5 nitrogen and oxygen atoms in total. The van der Waals surface area contributed by atoms with E-state index >= 15 is 0 Å². The molecule has 5 heteroatoms. The van der Waals surface area contributed by atoms with Crippen molar-refractivity contribution in [2.24, 2.45) is 0 Å². The number of esters is 1. The fraction of sp³-hybridized carbons (Fsp3) is 0.704. The Morgan fingerprint density at radius 2 is 1.34 bits per heavy atom. The summed E-state index contributed by atoms with van der Waals surface area (Å²) in [5, 5.41) is 8.69. The number of benzene rings is 1. The number of aliphatic carboxylic acids is 1. The number of carbonyl (C=O) groups is 2. The van der Waals surface area contributed by atoms with Crippen LogP contribution in [0.5, 0.6) is 0 Å². The topological polar surface area (TPSA) is 72.8 Å². The van der Waals surface area contributed by atoms with E-state index in [4.69, 9.17) is 14.6 Å². The molecule has 1 aromatic rings. The quantitative estimate of drug-likeness (QED) is 0.171. The van der Waals surface area contributed by atoms with E-state index in [1.54, 1.807) is 0 Å². The lowest BCUT2D eigenvalue weighted by Gasteiger charge is -2.17. The number of rotatable bonds is 20. The van der Waals surface area contributed by atoms with Gasteiger partial charge in [0.15, 0.2) is 0 Å². The Morgan fingerprint density at radius 3 is 1.91 bits per heavy atom. The average molecular weight is 449 g/mol. The summed E-state index contributed by atoms with van der Waals surface area (Å²) in [6.45, 7) is 4.32. The Balaban J connectivity index is 1.98. The number of hydrogen-bond donors (Lipinski definition) is 1. The maximum atomic E-state index is 11.3. The van der Waals surface area contributed by atoms with Gasteiger partial charge in [-0.3, -0.25) is 9.59 Å². The van der Waals surface area contributed by atoms with Gasteiger partial charge in [-0.15, -0.1) is 0 Å².